The lowest BCUT2D eigenvalue weighted by Gasteiger charge is -2.11. The van der Waals surface area contributed by atoms with Gasteiger partial charge in [-0.3, -0.25) is 0 Å². The second kappa shape index (κ2) is 4.99. The average Bonchev–Trinajstić information content (AvgIpc) is 2.38. The second-order valence-corrected chi connectivity index (χ2v) is 4.17. The van der Waals surface area contributed by atoms with Crippen LogP contribution in [0, 0.1) is 11.3 Å². The fourth-order valence-corrected chi connectivity index (χ4v) is 2.03. The molecule has 18 heavy (non-hydrogen) atoms. The lowest BCUT2D eigenvalue weighted by Crippen LogP contribution is -1.91. The number of hydrogen-bond donors (Lipinski definition) is 1. The van der Waals surface area contributed by atoms with E-state index in [1.165, 1.54) is 0 Å². The van der Waals surface area contributed by atoms with E-state index in [9.17, 15) is 0 Å². The Labute approximate surface area is 110 Å². The van der Waals surface area contributed by atoms with Crippen molar-refractivity contribution in [2.24, 2.45) is 0 Å². The molecule has 0 fully saturated rings. The summed E-state index contributed by atoms with van der Waals surface area (Å²) in [5.41, 5.74) is 8.39. The number of nitriles is 1. The third kappa shape index (κ3) is 2.24. The maximum Gasteiger partial charge on any atom is 0.126 e. The van der Waals surface area contributed by atoms with Crippen LogP contribution >= 0.6 is 11.6 Å². The van der Waals surface area contributed by atoms with Gasteiger partial charge in [0.15, 0.2) is 0 Å². The van der Waals surface area contributed by atoms with Gasteiger partial charge in [0.1, 0.15) is 5.75 Å². The number of rotatable bonds is 2. The number of nitrogens with zero attached hydrogens (tertiary/aromatic N) is 1. The number of benzene rings is 2. The van der Waals surface area contributed by atoms with E-state index in [-0.39, 0.29) is 0 Å². The van der Waals surface area contributed by atoms with Crippen LogP contribution in [0.3, 0.4) is 0 Å². The molecule has 0 atom stereocenters. The van der Waals surface area contributed by atoms with Crippen molar-refractivity contribution in [1.29, 1.82) is 5.26 Å². The van der Waals surface area contributed by atoms with Gasteiger partial charge in [-0.15, -0.1) is 0 Å². The predicted molar refractivity (Wildman–Crippen MR) is 72.6 cm³/mol. The SMILES string of the molecule is COc1ccc(C#N)cc1-c1ccc(N)cc1Cl. The molecule has 0 bridgehead atoms. The Bertz CT molecular complexity index is 632. The molecule has 4 heteroatoms. The maximum atomic E-state index is 8.94. The molecule has 2 rings (SSSR count). The molecule has 2 aromatic carbocycles. The first-order chi connectivity index (χ1) is 8.65. The van der Waals surface area contributed by atoms with Crippen LogP contribution in [0.5, 0.6) is 5.75 Å². The van der Waals surface area contributed by atoms with E-state index in [0.29, 0.717) is 22.0 Å². The van der Waals surface area contributed by atoms with E-state index in [2.05, 4.69) is 6.07 Å². The first-order valence-corrected chi connectivity index (χ1v) is 5.67. The molecule has 0 radical (unpaired) electrons. The number of halogens is 1. The van der Waals surface area contributed by atoms with E-state index in [1.54, 1.807) is 37.4 Å². The molecular formula is C14H11ClN2O. The molecule has 0 saturated carbocycles. The fraction of sp³-hybridized carbons (Fsp3) is 0.0714. The monoisotopic (exact) mass is 258 g/mol. The van der Waals surface area contributed by atoms with Gasteiger partial charge in [-0.2, -0.15) is 5.26 Å². The summed E-state index contributed by atoms with van der Waals surface area (Å²) >= 11 is 6.17. The van der Waals surface area contributed by atoms with Gasteiger partial charge in [0.2, 0.25) is 0 Å². The van der Waals surface area contributed by atoms with E-state index >= 15 is 0 Å². The van der Waals surface area contributed by atoms with Crippen molar-refractivity contribution in [2.75, 3.05) is 12.8 Å². The molecule has 0 saturated heterocycles. The molecule has 0 spiro atoms. The number of ether oxygens (including phenoxy) is 1. The summed E-state index contributed by atoms with van der Waals surface area (Å²) < 4.78 is 5.29. The first-order valence-electron chi connectivity index (χ1n) is 5.29. The van der Waals surface area contributed by atoms with Crippen molar-refractivity contribution >= 4 is 17.3 Å². The molecule has 3 nitrogen and oxygen atoms in total. The zero-order chi connectivity index (χ0) is 13.1. The third-order valence-corrected chi connectivity index (χ3v) is 2.92. The highest BCUT2D eigenvalue weighted by atomic mass is 35.5. The maximum absolute atomic E-state index is 8.94. The topological polar surface area (TPSA) is 59.0 Å². The summed E-state index contributed by atoms with van der Waals surface area (Å²) in [6, 6.07) is 12.6. The van der Waals surface area contributed by atoms with Crippen LogP contribution in [0.15, 0.2) is 36.4 Å². The van der Waals surface area contributed by atoms with Crippen LogP contribution in [0.25, 0.3) is 11.1 Å². The molecular weight excluding hydrogens is 248 g/mol. The first kappa shape index (κ1) is 12.3. The number of nitrogen functional groups attached to an aromatic ring is 1. The zero-order valence-corrected chi connectivity index (χ0v) is 10.5. The Balaban J connectivity index is 2.65. The minimum atomic E-state index is 0.531. The van der Waals surface area contributed by atoms with Crippen LogP contribution in [0.1, 0.15) is 5.56 Å². The van der Waals surface area contributed by atoms with Crippen molar-refractivity contribution in [1.82, 2.24) is 0 Å². The Hall–Kier alpha value is -2.18. The van der Waals surface area contributed by atoms with Gasteiger partial charge < -0.3 is 10.5 Å². The highest BCUT2D eigenvalue weighted by Gasteiger charge is 2.10. The molecule has 0 heterocycles. The van der Waals surface area contributed by atoms with Crippen molar-refractivity contribution in [2.45, 2.75) is 0 Å². The molecule has 2 N–H and O–H groups in total. The van der Waals surface area contributed by atoms with Gasteiger partial charge in [0, 0.05) is 16.8 Å². The quantitative estimate of drug-likeness (QED) is 0.839. The van der Waals surface area contributed by atoms with Gasteiger partial charge in [0.25, 0.3) is 0 Å². The van der Waals surface area contributed by atoms with Crippen molar-refractivity contribution in [3.63, 3.8) is 0 Å². The number of anilines is 1. The highest BCUT2D eigenvalue weighted by molar-refractivity contribution is 6.33. The van der Waals surface area contributed by atoms with E-state index in [1.807, 2.05) is 6.07 Å². The van der Waals surface area contributed by atoms with Gasteiger partial charge in [-0.25, -0.2) is 0 Å². The molecule has 2 aromatic rings. The van der Waals surface area contributed by atoms with Crippen molar-refractivity contribution in [3.8, 4) is 22.9 Å². The average molecular weight is 259 g/mol. The summed E-state index contributed by atoms with van der Waals surface area (Å²) in [6.45, 7) is 0. The highest BCUT2D eigenvalue weighted by Crippen LogP contribution is 2.36. The largest absolute Gasteiger partial charge is 0.496 e. The molecule has 0 aliphatic heterocycles. The van der Waals surface area contributed by atoms with Crippen LogP contribution in [0.4, 0.5) is 5.69 Å². The summed E-state index contributed by atoms with van der Waals surface area (Å²) in [7, 11) is 1.58. The van der Waals surface area contributed by atoms with Gasteiger partial charge in [-0.05, 0) is 30.3 Å². The van der Waals surface area contributed by atoms with Gasteiger partial charge in [0.05, 0.1) is 23.8 Å². The summed E-state index contributed by atoms with van der Waals surface area (Å²) in [5, 5.41) is 9.47. The van der Waals surface area contributed by atoms with E-state index in [0.717, 1.165) is 11.1 Å². The Morgan fingerprint density at radius 3 is 2.56 bits per heavy atom. The minimum absolute atomic E-state index is 0.531. The van der Waals surface area contributed by atoms with Crippen LogP contribution in [0.2, 0.25) is 5.02 Å². The standard InChI is InChI=1S/C14H11ClN2O/c1-18-14-5-2-9(8-16)6-12(14)11-4-3-10(17)7-13(11)15/h2-7H,17H2,1H3. The van der Waals surface area contributed by atoms with Crippen LogP contribution in [-0.2, 0) is 0 Å². The van der Waals surface area contributed by atoms with Crippen LogP contribution < -0.4 is 10.5 Å². The Morgan fingerprint density at radius 1 is 1.17 bits per heavy atom. The third-order valence-electron chi connectivity index (χ3n) is 2.61. The molecule has 90 valence electrons. The van der Waals surface area contributed by atoms with Gasteiger partial charge in [-0.1, -0.05) is 17.7 Å². The fourth-order valence-electron chi connectivity index (χ4n) is 1.74. The number of methoxy groups -OCH3 is 1. The van der Waals surface area contributed by atoms with Gasteiger partial charge >= 0.3 is 0 Å². The second-order valence-electron chi connectivity index (χ2n) is 3.77. The van der Waals surface area contributed by atoms with Crippen molar-refractivity contribution in [3.05, 3.63) is 47.0 Å². The smallest absolute Gasteiger partial charge is 0.126 e. The lowest BCUT2D eigenvalue weighted by molar-refractivity contribution is 0.416. The van der Waals surface area contributed by atoms with Crippen molar-refractivity contribution < 1.29 is 4.74 Å². The Kier molecular flexibility index (Phi) is 3.40. The van der Waals surface area contributed by atoms with Crippen LogP contribution in [-0.4, -0.2) is 7.11 Å². The predicted octanol–water partition coefficient (Wildman–Crippen LogP) is 3.47. The van der Waals surface area contributed by atoms with E-state index < -0.39 is 0 Å². The normalized spacial score (nSPS) is 9.83. The summed E-state index contributed by atoms with van der Waals surface area (Å²) in [4.78, 5) is 0. The molecule has 0 aliphatic carbocycles. The molecule has 0 amide bonds. The molecule has 0 aliphatic rings. The number of nitrogens with two attached hydrogens (primary N) is 1. The Morgan fingerprint density at radius 2 is 1.94 bits per heavy atom. The lowest BCUT2D eigenvalue weighted by atomic mass is 10.0. The summed E-state index contributed by atoms with van der Waals surface area (Å²) in [6.07, 6.45) is 0. The summed E-state index contributed by atoms with van der Waals surface area (Å²) in [5.74, 6) is 0.667. The molecule has 0 unspecified atom stereocenters. The van der Waals surface area contributed by atoms with E-state index in [4.69, 9.17) is 27.3 Å². The number of hydrogen-bond acceptors (Lipinski definition) is 3. The minimum Gasteiger partial charge on any atom is -0.496 e. The zero-order valence-electron chi connectivity index (χ0n) is 9.77. The molecule has 0 aromatic heterocycles.